The van der Waals surface area contributed by atoms with Crippen molar-refractivity contribution in [3.63, 3.8) is 0 Å². The van der Waals surface area contributed by atoms with Crippen molar-refractivity contribution in [3.8, 4) is 0 Å². The molecule has 0 amide bonds. The van der Waals surface area contributed by atoms with Crippen molar-refractivity contribution in [3.05, 3.63) is 17.3 Å². The summed E-state index contributed by atoms with van der Waals surface area (Å²) in [6.07, 6.45) is 2.76. The number of aldehydes is 1. The van der Waals surface area contributed by atoms with E-state index in [1.165, 1.54) is 0 Å². The molecule has 2 aromatic heterocycles. The Morgan fingerprint density at radius 2 is 2.44 bits per heavy atom. The van der Waals surface area contributed by atoms with Crippen LogP contribution in [0.4, 0.5) is 0 Å². The molecule has 0 aliphatic heterocycles. The summed E-state index contributed by atoms with van der Waals surface area (Å²) in [7, 11) is 4.07. The van der Waals surface area contributed by atoms with E-state index in [0.717, 1.165) is 28.6 Å². The Labute approximate surface area is 102 Å². The fourth-order valence-electron chi connectivity index (χ4n) is 1.32. The van der Waals surface area contributed by atoms with Crippen LogP contribution in [0.3, 0.4) is 0 Å². The predicted octanol–water partition coefficient (Wildman–Crippen LogP) is 1.86. The molecule has 0 spiro atoms. The van der Waals surface area contributed by atoms with Gasteiger partial charge in [-0.05, 0) is 14.1 Å². The normalized spacial score (nSPS) is 11.4. The Kier molecular flexibility index (Phi) is 3.63. The number of carbonyl (C=O) groups excluding carboxylic acids is 1. The van der Waals surface area contributed by atoms with Crippen molar-refractivity contribution in [1.82, 2.24) is 14.3 Å². The minimum absolute atomic E-state index is 0.667. The topological polar surface area (TPSA) is 37.6 Å². The first-order valence-corrected chi connectivity index (χ1v) is 6.77. The van der Waals surface area contributed by atoms with Gasteiger partial charge in [0.1, 0.15) is 10.7 Å². The third-order valence-corrected chi connectivity index (χ3v) is 3.87. The minimum Gasteiger partial charge on any atom is -0.309 e. The zero-order valence-electron chi connectivity index (χ0n) is 9.21. The summed E-state index contributed by atoms with van der Waals surface area (Å²) in [5.74, 6) is 0.943. The summed E-state index contributed by atoms with van der Waals surface area (Å²) in [5, 5.41) is 2.77. The summed E-state index contributed by atoms with van der Waals surface area (Å²) in [4.78, 5) is 18.5. The number of aromatic nitrogens is 2. The molecular weight excluding hydrogens is 242 g/mol. The molecule has 0 N–H and O–H groups in total. The van der Waals surface area contributed by atoms with Crippen LogP contribution in [-0.2, 0) is 0 Å². The van der Waals surface area contributed by atoms with Crippen molar-refractivity contribution in [1.29, 1.82) is 0 Å². The van der Waals surface area contributed by atoms with Gasteiger partial charge in [-0.25, -0.2) is 4.98 Å². The fraction of sp³-hybridized carbons (Fsp3) is 0.400. The Bertz CT molecular complexity index is 489. The Morgan fingerprint density at radius 3 is 3.12 bits per heavy atom. The average Bonchev–Trinajstić information content (AvgIpc) is 2.76. The fourth-order valence-corrected chi connectivity index (χ4v) is 3.20. The molecule has 0 radical (unpaired) electrons. The van der Waals surface area contributed by atoms with Gasteiger partial charge in [-0.3, -0.25) is 9.20 Å². The molecule has 0 unspecified atom stereocenters. The highest BCUT2D eigenvalue weighted by molar-refractivity contribution is 7.99. The molecule has 0 saturated heterocycles. The number of fused-ring (bicyclic) bond motifs is 1. The lowest BCUT2D eigenvalue weighted by Crippen LogP contribution is -2.14. The maximum atomic E-state index is 11.0. The summed E-state index contributed by atoms with van der Waals surface area (Å²) in [6, 6.07) is 0. The number of imidazole rings is 1. The van der Waals surface area contributed by atoms with Gasteiger partial charge in [-0.15, -0.1) is 23.1 Å². The second-order valence-corrected chi connectivity index (χ2v) is 5.58. The van der Waals surface area contributed by atoms with Crippen LogP contribution in [0.2, 0.25) is 0 Å². The molecule has 0 fully saturated rings. The monoisotopic (exact) mass is 255 g/mol. The molecule has 86 valence electrons. The predicted molar refractivity (Wildman–Crippen MR) is 67.7 cm³/mol. The molecular formula is C10H13N3OS2. The molecule has 0 atom stereocenters. The van der Waals surface area contributed by atoms with Gasteiger partial charge < -0.3 is 4.90 Å². The largest absolute Gasteiger partial charge is 0.309 e. The molecule has 2 heterocycles. The van der Waals surface area contributed by atoms with E-state index in [9.17, 15) is 4.79 Å². The van der Waals surface area contributed by atoms with Gasteiger partial charge in [0.05, 0.1) is 0 Å². The van der Waals surface area contributed by atoms with Gasteiger partial charge in [0.2, 0.25) is 0 Å². The van der Waals surface area contributed by atoms with Gasteiger partial charge in [-0.1, -0.05) is 0 Å². The molecule has 0 aromatic carbocycles. The van der Waals surface area contributed by atoms with Gasteiger partial charge >= 0.3 is 0 Å². The number of nitrogens with zero attached hydrogens (tertiary/aromatic N) is 3. The first kappa shape index (κ1) is 11.6. The number of hydrogen-bond donors (Lipinski definition) is 0. The van der Waals surface area contributed by atoms with Gasteiger partial charge in [0.25, 0.3) is 0 Å². The van der Waals surface area contributed by atoms with Crippen molar-refractivity contribution < 1.29 is 4.79 Å². The lowest BCUT2D eigenvalue weighted by atomic mass is 10.5. The summed E-state index contributed by atoms with van der Waals surface area (Å²) in [5.41, 5.74) is 0.667. The highest BCUT2D eigenvalue weighted by Gasteiger charge is 2.12. The van der Waals surface area contributed by atoms with E-state index in [4.69, 9.17) is 0 Å². The standard InChI is InChI=1S/C10H13N3OS2/c1-12(2)3-5-15-9-8(7-14)13-4-6-16-10(13)11-9/h4,6-7H,3,5H2,1-2H3. The van der Waals surface area contributed by atoms with Crippen molar-refractivity contribution in [2.75, 3.05) is 26.4 Å². The number of hydrogen-bond acceptors (Lipinski definition) is 5. The van der Waals surface area contributed by atoms with Gasteiger partial charge in [-0.2, -0.15) is 0 Å². The van der Waals surface area contributed by atoms with Crippen LogP contribution in [-0.4, -0.2) is 47.0 Å². The zero-order valence-corrected chi connectivity index (χ0v) is 10.8. The molecule has 0 saturated carbocycles. The second-order valence-electron chi connectivity index (χ2n) is 3.63. The van der Waals surface area contributed by atoms with Crippen molar-refractivity contribution in [2.24, 2.45) is 0 Å². The lowest BCUT2D eigenvalue weighted by Gasteiger charge is -2.07. The highest BCUT2D eigenvalue weighted by atomic mass is 32.2. The van der Waals surface area contributed by atoms with Crippen LogP contribution < -0.4 is 0 Å². The molecule has 2 rings (SSSR count). The molecule has 2 aromatic rings. The molecule has 4 nitrogen and oxygen atoms in total. The summed E-state index contributed by atoms with van der Waals surface area (Å²) in [6.45, 7) is 0.980. The van der Waals surface area contributed by atoms with E-state index in [1.807, 2.05) is 30.1 Å². The van der Waals surface area contributed by atoms with Crippen LogP contribution in [0.1, 0.15) is 10.5 Å². The maximum absolute atomic E-state index is 11.0. The zero-order chi connectivity index (χ0) is 11.5. The molecule has 6 heteroatoms. The smallest absolute Gasteiger partial charge is 0.195 e. The Balaban J connectivity index is 2.16. The maximum Gasteiger partial charge on any atom is 0.195 e. The highest BCUT2D eigenvalue weighted by Crippen LogP contribution is 2.24. The molecule has 0 bridgehead atoms. The van der Waals surface area contributed by atoms with Crippen LogP contribution in [0.5, 0.6) is 0 Å². The molecule has 0 aliphatic rings. The summed E-state index contributed by atoms with van der Waals surface area (Å²) >= 11 is 3.18. The number of rotatable bonds is 5. The lowest BCUT2D eigenvalue weighted by molar-refractivity contribution is 0.111. The van der Waals surface area contributed by atoms with Crippen LogP contribution >= 0.6 is 23.1 Å². The van der Waals surface area contributed by atoms with E-state index >= 15 is 0 Å². The Hall–Kier alpha value is -0.850. The minimum atomic E-state index is 0.667. The van der Waals surface area contributed by atoms with E-state index in [1.54, 1.807) is 23.1 Å². The van der Waals surface area contributed by atoms with E-state index in [0.29, 0.717) is 5.69 Å². The van der Waals surface area contributed by atoms with Crippen LogP contribution in [0, 0.1) is 0 Å². The third kappa shape index (κ3) is 2.28. The third-order valence-electron chi connectivity index (χ3n) is 2.15. The number of thiazole rings is 1. The Morgan fingerprint density at radius 1 is 1.62 bits per heavy atom. The molecule has 0 aliphatic carbocycles. The van der Waals surface area contributed by atoms with Crippen LogP contribution in [0.15, 0.2) is 16.6 Å². The second kappa shape index (κ2) is 4.99. The average molecular weight is 255 g/mol. The molecule has 16 heavy (non-hydrogen) atoms. The van der Waals surface area contributed by atoms with Crippen molar-refractivity contribution >= 4 is 34.3 Å². The summed E-state index contributed by atoms with van der Waals surface area (Å²) < 4.78 is 1.84. The SMILES string of the molecule is CN(C)CCSc1nc2sccn2c1C=O. The van der Waals surface area contributed by atoms with Crippen LogP contribution in [0.25, 0.3) is 4.96 Å². The quantitative estimate of drug-likeness (QED) is 0.604. The first-order valence-electron chi connectivity index (χ1n) is 4.90. The van der Waals surface area contributed by atoms with E-state index in [-0.39, 0.29) is 0 Å². The van der Waals surface area contributed by atoms with Gasteiger partial charge in [0, 0.05) is 23.9 Å². The van der Waals surface area contributed by atoms with Crippen molar-refractivity contribution in [2.45, 2.75) is 5.03 Å². The van der Waals surface area contributed by atoms with E-state index in [2.05, 4.69) is 9.88 Å². The first-order chi connectivity index (χ1) is 7.72. The van der Waals surface area contributed by atoms with E-state index < -0.39 is 0 Å². The number of thioether (sulfide) groups is 1. The van der Waals surface area contributed by atoms with Gasteiger partial charge in [0.15, 0.2) is 11.2 Å². The number of carbonyl (C=O) groups is 1.